The van der Waals surface area contributed by atoms with E-state index in [1.807, 2.05) is 14.1 Å². The highest BCUT2D eigenvalue weighted by Gasteiger charge is 2.35. The van der Waals surface area contributed by atoms with Gasteiger partial charge in [0.05, 0.1) is 12.5 Å². The van der Waals surface area contributed by atoms with E-state index in [-0.39, 0.29) is 17.9 Å². The molecule has 5 nitrogen and oxygen atoms in total. The second-order valence-electron chi connectivity index (χ2n) is 6.28. The highest BCUT2D eigenvalue weighted by atomic mass is 19.1. The molecule has 1 fully saturated rings. The lowest BCUT2D eigenvalue weighted by Crippen LogP contribution is -2.55. The van der Waals surface area contributed by atoms with Crippen molar-refractivity contribution in [2.24, 2.45) is 0 Å². The Labute approximate surface area is 136 Å². The molecule has 2 rings (SSSR count). The Hall–Kier alpha value is -1.50. The van der Waals surface area contributed by atoms with Gasteiger partial charge < -0.3 is 20.1 Å². The van der Waals surface area contributed by atoms with Gasteiger partial charge in [-0.25, -0.2) is 4.39 Å². The summed E-state index contributed by atoms with van der Waals surface area (Å²) in [5, 5.41) is 13.0. The summed E-state index contributed by atoms with van der Waals surface area (Å²) >= 11 is 0. The Kier molecular flexibility index (Phi) is 6.10. The molecule has 0 aromatic heterocycles. The molecular formula is C17H25FN2O3. The molecule has 1 amide bonds. The monoisotopic (exact) mass is 324 g/mol. The molecule has 1 aliphatic heterocycles. The van der Waals surface area contributed by atoms with Crippen molar-refractivity contribution in [1.82, 2.24) is 10.2 Å². The number of carbonyl (C=O) groups excluding carboxylic acids is 1. The Morgan fingerprint density at radius 3 is 2.74 bits per heavy atom. The van der Waals surface area contributed by atoms with Gasteiger partial charge in [0.1, 0.15) is 5.82 Å². The van der Waals surface area contributed by atoms with E-state index in [2.05, 4.69) is 10.2 Å². The lowest BCUT2D eigenvalue weighted by atomic mass is 9.88. The van der Waals surface area contributed by atoms with E-state index in [1.54, 1.807) is 6.07 Å². The first kappa shape index (κ1) is 17.8. The topological polar surface area (TPSA) is 61.8 Å². The highest BCUT2D eigenvalue weighted by Crippen LogP contribution is 2.25. The molecular weight excluding hydrogens is 299 g/mol. The maximum absolute atomic E-state index is 13.2. The van der Waals surface area contributed by atoms with Crippen LogP contribution in [0.4, 0.5) is 4.39 Å². The van der Waals surface area contributed by atoms with E-state index in [0.717, 1.165) is 12.8 Å². The van der Waals surface area contributed by atoms with Crippen molar-refractivity contribution in [2.45, 2.75) is 30.9 Å². The molecule has 1 aromatic carbocycles. The number of rotatable bonds is 6. The van der Waals surface area contributed by atoms with Gasteiger partial charge in [-0.15, -0.1) is 0 Å². The fourth-order valence-electron chi connectivity index (χ4n) is 2.88. The average molecular weight is 324 g/mol. The van der Waals surface area contributed by atoms with Crippen LogP contribution in [-0.2, 0) is 9.53 Å². The molecule has 0 bridgehead atoms. The molecule has 1 unspecified atom stereocenters. The number of nitrogens with one attached hydrogen (secondary N) is 1. The summed E-state index contributed by atoms with van der Waals surface area (Å²) in [6.45, 7) is 1.87. The summed E-state index contributed by atoms with van der Waals surface area (Å²) in [6, 6.07) is 5.69. The van der Waals surface area contributed by atoms with Gasteiger partial charge >= 0.3 is 0 Å². The van der Waals surface area contributed by atoms with Crippen molar-refractivity contribution in [3.05, 3.63) is 35.6 Å². The summed E-state index contributed by atoms with van der Waals surface area (Å²) in [6.07, 6.45) is 0.624. The fraction of sp³-hybridized carbons (Fsp3) is 0.588. The third kappa shape index (κ3) is 4.73. The maximum Gasteiger partial charge on any atom is 0.223 e. The predicted molar refractivity (Wildman–Crippen MR) is 85.5 cm³/mol. The van der Waals surface area contributed by atoms with E-state index in [1.165, 1.54) is 18.2 Å². The number of hydrogen-bond donors (Lipinski definition) is 2. The lowest BCUT2D eigenvalue weighted by Gasteiger charge is -2.42. The number of nitrogens with zero attached hydrogens (tertiary/aromatic N) is 1. The van der Waals surface area contributed by atoms with Crippen molar-refractivity contribution < 1.29 is 19.0 Å². The Balaban J connectivity index is 1.89. The highest BCUT2D eigenvalue weighted by molar-refractivity contribution is 5.76. The molecule has 0 spiro atoms. The number of aliphatic hydroxyl groups is 1. The number of benzene rings is 1. The molecule has 1 aliphatic rings. The van der Waals surface area contributed by atoms with Gasteiger partial charge in [-0.2, -0.15) is 0 Å². The van der Waals surface area contributed by atoms with Crippen LogP contribution in [0.15, 0.2) is 24.3 Å². The van der Waals surface area contributed by atoms with Crippen LogP contribution in [0.3, 0.4) is 0 Å². The van der Waals surface area contributed by atoms with E-state index in [4.69, 9.17) is 4.74 Å². The first-order chi connectivity index (χ1) is 10.9. The van der Waals surface area contributed by atoms with Crippen LogP contribution < -0.4 is 5.32 Å². The van der Waals surface area contributed by atoms with E-state index in [9.17, 15) is 14.3 Å². The van der Waals surface area contributed by atoms with Gasteiger partial charge in [-0.3, -0.25) is 4.79 Å². The van der Waals surface area contributed by atoms with E-state index < -0.39 is 11.9 Å². The molecule has 0 aliphatic carbocycles. The van der Waals surface area contributed by atoms with Gasteiger partial charge in [0, 0.05) is 25.3 Å². The molecule has 1 heterocycles. The van der Waals surface area contributed by atoms with Crippen LogP contribution in [-0.4, -0.2) is 55.3 Å². The zero-order valence-electron chi connectivity index (χ0n) is 13.7. The zero-order valence-corrected chi connectivity index (χ0v) is 13.7. The van der Waals surface area contributed by atoms with Crippen molar-refractivity contribution >= 4 is 5.91 Å². The van der Waals surface area contributed by atoms with E-state index >= 15 is 0 Å². The van der Waals surface area contributed by atoms with Crippen LogP contribution in [0.5, 0.6) is 0 Å². The number of aliphatic hydroxyl groups excluding tert-OH is 1. The minimum absolute atomic E-state index is 0.0799. The summed E-state index contributed by atoms with van der Waals surface area (Å²) in [5.74, 6) is -0.662. The zero-order chi connectivity index (χ0) is 16.9. The minimum Gasteiger partial charge on any atom is -0.388 e. The normalized spacial score (nSPS) is 18.7. The quantitative estimate of drug-likeness (QED) is 0.832. The minimum atomic E-state index is -1.00. The van der Waals surface area contributed by atoms with E-state index in [0.29, 0.717) is 25.3 Å². The Bertz CT molecular complexity index is 530. The molecule has 23 heavy (non-hydrogen) atoms. The van der Waals surface area contributed by atoms with Crippen molar-refractivity contribution in [3.63, 3.8) is 0 Å². The van der Waals surface area contributed by atoms with Gasteiger partial charge in [0.25, 0.3) is 0 Å². The van der Waals surface area contributed by atoms with Crippen molar-refractivity contribution in [1.29, 1.82) is 0 Å². The molecule has 2 N–H and O–H groups in total. The standard InChI is InChI=1S/C17H25FN2O3/c1-20(2)17(6-8-23-9-7-17)12-19-16(22)11-15(21)13-4-3-5-14(18)10-13/h3-5,10,15,21H,6-9,11-12H2,1-2H3,(H,19,22). The number of amides is 1. The Morgan fingerprint density at radius 2 is 2.13 bits per heavy atom. The number of likely N-dealkylation sites (N-methyl/N-ethyl adjacent to an activating group) is 1. The third-order valence-electron chi connectivity index (χ3n) is 4.60. The summed E-state index contributed by atoms with van der Waals surface area (Å²) in [7, 11) is 4.00. The van der Waals surface area contributed by atoms with Gasteiger partial charge in [0.2, 0.25) is 5.91 Å². The Morgan fingerprint density at radius 1 is 1.43 bits per heavy atom. The van der Waals surface area contributed by atoms with Gasteiger partial charge in [-0.1, -0.05) is 12.1 Å². The van der Waals surface area contributed by atoms with Crippen molar-refractivity contribution in [3.8, 4) is 0 Å². The van der Waals surface area contributed by atoms with Crippen LogP contribution in [0.1, 0.15) is 30.9 Å². The molecule has 1 saturated heterocycles. The third-order valence-corrected chi connectivity index (χ3v) is 4.60. The maximum atomic E-state index is 13.2. The number of hydrogen-bond acceptors (Lipinski definition) is 4. The molecule has 0 saturated carbocycles. The second-order valence-corrected chi connectivity index (χ2v) is 6.28. The SMILES string of the molecule is CN(C)C1(CNC(=O)CC(O)c2cccc(F)c2)CCOCC1. The number of carbonyl (C=O) groups is 1. The number of ether oxygens (including phenoxy) is 1. The molecule has 1 aromatic rings. The summed E-state index contributed by atoms with van der Waals surface area (Å²) in [5.41, 5.74) is 0.297. The van der Waals surface area contributed by atoms with Crippen LogP contribution >= 0.6 is 0 Å². The molecule has 6 heteroatoms. The fourth-order valence-corrected chi connectivity index (χ4v) is 2.88. The van der Waals surface area contributed by atoms with Crippen molar-refractivity contribution in [2.75, 3.05) is 33.9 Å². The van der Waals surface area contributed by atoms with Crippen LogP contribution in [0.25, 0.3) is 0 Å². The lowest BCUT2D eigenvalue weighted by molar-refractivity contribution is -0.124. The summed E-state index contributed by atoms with van der Waals surface area (Å²) in [4.78, 5) is 14.2. The molecule has 128 valence electrons. The van der Waals surface area contributed by atoms with Gasteiger partial charge in [0.15, 0.2) is 0 Å². The predicted octanol–water partition coefficient (Wildman–Crippen LogP) is 1.48. The van der Waals surface area contributed by atoms with Crippen LogP contribution in [0.2, 0.25) is 0 Å². The smallest absolute Gasteiger partial charge is 0.223 e. The first-order valence-electron chi connectivity index (χ1n) is 7.88. The number of halogens is 1. The molecule has 0 radical (unpaired) electrons. The molecule has 1 atom stereocenters. The van der Waals surface area contributed by atoms with Crippen LogP contribution in [0, 0.1) is 5.82 Å². The second kappa shape index (κ2) is 7.86. The summed E-state index contributed by atoms with van der Waals surface area (Å²) < 4.78 is 18.6. The van der Waals surface area contributed by atoms with Gasteiger partial charge in [-0.05, 0) is 44.6 Å². The average Bonchev–Trinajstić information content (AvgIpc) is 2.53. The largest absolute Gasteiger partial charge is 0.388 e. The first-order valence-corrected chi connectivity index (χ1v) is 7.88.